The number of carbonyl (C=O) groups is 1. The molecular weight excluding hydrogens is 450 g/mol. The van der Waals surface area contributed by atoms with Crippen LogP contribution in [0.3, 0.4) is 0 Å². The number of aromatic carboxylic acids is 1. The Morgan fingerprint density at radius 1 is 1.34 bits per heavy atom. The van der Waals surface area contributed by atoms with Crippen LogP contribution in [0.2, 0.25) is 0 Å². The van der Waals surface area contributed by atoms with Crippen LogP contribution in [0.5, 0.6) is 5.75 Å². The second-order valence-corrected chi connectivity index (χ2v) is 9.77. The molecule has 2 aliphatic rings. The van der Waals surface area contributed by atoms with E-state index in [4.69, 9.17) is 14.9 Å². The summed E-state index contributed by atoms with van der Waals surface area (Å²) in [5.74, 6) is 1.03. The third-order valence-corrected chi connectivity index (χ3v) is 7.10. The van der Waals surface area contributed by atoms with Crippen LogP contribution >= 0.6 is 0 Å². The summed E-state index contributed by atoms with van der Waals surface area (Å²) < 4.78 is 13.6. The molecule has 1 saturated carbocycles. The first kappa shape index (κ1) is 23.2. The summed E-state index contributed by atoms with van der Waals surface area (Å²) in [5.41, 5.74) is 7.19. The van der Waals surface area contributed by atoms with Gasteiger partial charge in [0, 0.05) is 36.9 Å². The van der Waals surface area contributed by atoms with Gasteiger partial charge in [0.1, 0.15) is 11.3 Å². The fraction of sp³-hybridized carbons (Fsp3) is 0.480. The molecule has 0 bridgehead atoms. The predicted molar refractivity (Wildman–Crippen MR) is 132 cm³/mol. The minimum atomic E-state index is -1.26. The van der Waals surface area contributed by atoms with Crippen LogP contribution < -0.4 is 20.8 Å². The van der Waals surface area contributed by atoms with Crippen molar-refractivity contribution in [2.75, 3.05) is 44.9 Å². The molecule has 1 aliphatic carbocycles. The van der Waals surface area contributed by atoms with Crippen LogP contribution in [-0.4, -0.2) is 59.8 Å². The average molecular weight is 482 g/mol. The monoisotopic (exact) mass is 481 g/mol. The number of hydrogen-bond donors (Lipinski definition) is 2. The number of aromatic nitrogens is 2. The molecular formula is C25H31N5O5. The predicted octanol–water partition coefficient (Wildman–Crippen LogP) is 3.05. The quantitative estimate of drug-likeness (QED) is 0.489. The third-order valence-electron chi connectivity index (χ3n) is 7.10. The lowest BCUT2D eigenvalue weighted by Gasteiger charge is -2.28. The summed E-state index contributed by atoms with van der Waals surface area (Å²) in [5, 5.41) is 9.81. The van der Waals surface area contributed by atoms with Crippen molar-refractivity contribution >= 4 is 28.2 Å². The van der Waals surface area contributed by atoms with E-state index in [9.17, 15) is 14.7 Å². The first-order valence-electron chi connectivity index (χ1n) is 11.8. The topological polar surface area (TPSA) is 127 Å². The molecule has 35 heavy (non-hydrogen) atoms. The van der Waals surface area contributed by atoms with Crippen LogP contribution in [-0.2, 0) is 0 Å². The number of anilines is 2. The number of nitrogens with zero attached hydrogens (tertiary/aromatic N) is 4. The molecule has 10 nitrogen and oxygen atoms in total. The van der Waals surface area contributed by atoms with Gasteiger partial charge >= 0.3 is 5.97 Å². The Kier molecular flexibility index (Phi) is 5.71. The van der Waals surface area contributed by atoms with Crippen LogP contribution in [0.1, 0.15) is 53.4 Å². The molecule has 10 heteroatoms. The number of aryl methyl sites for hydroxylation is 1. The second-order valence-electron chi connectivity index (χ2n) is 9.77. The minimum absolute atomic E-state index is 0.0141. The zero-order chi connectivity index (χ0) is 25.0. The van der Waals surface area contributed by atoms with Gasteiger partial charge in [0.15, 0.2) is 5.75 Å². The Balaban J connectivity index is 1.60. The molecule has 1 saturated heterocycles. The average Bonchev–Trinajstić information content (AvgIpc) is 3.39. The number of methoxy groups -OCH3 is 1. The highest BCUT2D eigenvalue weighted by Gasteiger charge is 2.37. The Morgan fingerprint density at radius 3 is 2.66 bits per heavy atom. The van der Waals surface area contributed by atoms with Crippen molar-refractivity contribution < 1.29 is 19.1 Å². The normalized spacial score (nSPS) is 19.0. The van der Waals surface area contributed by atoms with E-state index in [0.29, 0.717) is 17.2 Å². The molecule has 0 amide bonds. The second kappa shape index (κ2) is 8.60. The number of ether oxygens (including phenoxy) is 1. The van der Waals surface area contributed by atoms with Crippen molar-refractivity contribution in [3.8, 4) is 5.75 Å². The molecule has 186 valence electrons. The van der Waals surface area contributed by atoms with Crippen LogP contribution in [0.25, 0.3) is 10.9 Å². The lowest BCUT2D eigenvalue weighted by atomic mass is 9.98. The van der Waals surface area contributed by atoms with Crippen molar-refractivity contribution in [3.63, 3.8) is 0 Å². The molecule has 1 aliphatic heterocycles. The smallest absolute Gasteiger partial charge is 0.341 e. The number of pyridine rings is 1. The van der Waals surface area contributed by atoms with Gasteiger partial charge in [-0.2, -0.15) is 0 Å². The lowest BCUT2D eigenvalue weighted by Crippen LogP contribution is -2.30. The largest absolute Gasteiger partial charge is 0.492 e. The molecule has 2 aromatic heterocycles. The summed E-state index contributed by atoms with van der Waals surface area (Å²) in [4.78, 5) is 33.7. The molecule has 3 aromatic rings. The van der Waals surface area contributed by atoms with Crippen molar-refractivity contribution in [2.45, 2.75) is 38.3 Å². The molecule has 0 radical (unpaired) electrons. The van der Waals surface area contributed by atoms with Gasteiger partial charge in [-0.05, 0) is 46.3 Å². The number of benzene rings is 1. The highest BCUT2D eigenvalue weighted by molar-refractivity contribution is 6.03. The van der Waals surface area contributed by atoms with E-state index in [1.165, 1.54) is 6.20 Å². The fourth-order valence-corrected chi connectivity index (χ4v) is 5.38. The van der Waals surface area contributed by atoms with Gasteiger partial charge in [-0.1, -0.05) is 0 Å². The maximum Gasteiger partial charge on any atom is 0.341 e. The van der Waals surface area contributed by atoms with Crippen molar-refractivity contribution in [1.29, 1.82) is 0 Å². The first-order valence-corrected chi connectivity index (χ1v) is 11.8. The van der Waals surface area contributed by atoms with Gasteiger partial charge in [0.2, 0.25) is 11.3 Å². The van der Waals surface area contributed by atoms with Crippen LogP contribution in [0.4, 0.5) is 11.4 Å². The van der Waals surface area contributed by atoms with Crippen molar-refractivity contribution in [1.82, 2.24) is 14.5 Å². The zero-order valence-electron chi connectivity index (χ0n) is 20.4. The van der Waals surface area contributed by atoms with E-state index in [2.05, 4.69) is 14.8 Å². The molecule has 3 N–H and O–H groups in total. The maximum atomic E-state index is 13.1. The molecule has 2 fully saturated rings. The van der Waals surface area contributed by atoms with E-state index in [-0.39, 0.29) is 34.6 Å². The Bertz CT molecular complexity index is 1360. The molecule has 1 aromatic carbocycles. The van der Waals surface area contributed by atoms with Gasteiger partial charge in [-0.15, -0.1) is 0 Å². The zero-order valence-corrected chi connectivity index (χ0v) is 20.4. The van der Waals surface area contributed by atoms with E-state index in [1.807, 2.05) is 25.6 Å². The van der Waals surface area contributed by atoms with Crippen LogP contribution in [0.15, 0.2) is 27.7 Å². The molecule has 3 heterocycles. The SMILES string of the molecule is COc1c(N2CCC(C(c3ncc(C)o3)N(C)C)C2)cc(N)c2c(=O)c(C(=O)O)cn(C3CC3)c12. The van der Waals surface area contributed by atoms with Gasteiger partial charge in [0.05, 0.1) is 35.9 Å². The molecule has 5 rings (SSSR count). The van der Waals surface area contributed by atoms with E-state index in [0.717, 1.165) is 43.8 Å². The van der Waals surface area contributed by atoms with E-state index in [1.54, 1.807) is 19.4 Å². The van der Waals surface area contributed by atoms with Crippen LogP contribution in [0, 0.1) is 12.8 Å². The van der Waals surface area contributed by atoms with E-state index >= 15 is 0 Å². The number of rotatable bonds is 7. The number of carboxylic acid groups (broad SMARTS) is 1. The number of oxazole rings is 1. The Hall–Kier alpha value is -3.53. The molecule has 0 spiro atoms. The van der Waals surface area contributed by atoms with Gasteiger partial charge in [-0.25, -0.2) is 9.78 Å². The maximum absolute atomic E-state index is 13.1. The minimum Gasteiger partial charge on any atom is -0.492 e. The number of hydrogen-bond acceptors (Lipinski definition) is 8. The highest BCUT2D eigenvalue weighted by atomic mass is 16.5. The third kappa shape index (κ3) is 3.91. The Labute approximate surface area is 202 Å². The lowest BCUT2D eigenvalue weighted by molar-refractivity contribution is 0.0695. The van der Waals surface area contributed by atoms with Gasteiger partial charge in [-0.3, -0.25) is 9.69 Å². The number of carboxylic acids is 1. The van der Waals surface area contributed by atoms with E-state index < -0.39 is 11.4 Å². The number of fused-ring (bicyclic) bond motifs is 1. The molecule has 2 unspecified atom stereocenters. The number of nitrogen functional groups attached to an aromatic ring is 1. The summed E-state index contributed by atoms with van der Waals surface area (Å²) in [6, 6.07) is 1.88. The summed E-state index contributed by atoms with van der Waals surface area (Å²) in [7, 11) is 5.62. The van der Waals surface area contributed by atoms with Crippen molar-refractivity contribution in [2.24, 2.45) is 5.92 Å². The van der Waals surface area contributed by atoms with Crippen molar-refractivity contribution in [3.05, 3.63) is 45.9 Å². The van der Waals surface area contributed by atoms with Gasteiger partial charge < -0.3 is 29.5 Å². The first-order chi connectivity index (χ1) is 16.7. The molecule has 2 atom stereocenters. The summed E-state index contributed by atoms with van der Waals surface area (Å²) >= 11 is 0. The fourth-order valence-electron chi connectivity index (χ4n) is 5.38. The number of nitrogens with two attached hydrogens (primary N) is 1. The summed E-state index contributed by atoms with van der Waals surface area (Å²) in [6.45, 7) is 3.39. The standard InChI is InChI=1S/C25H31N5O5/c1-13-10-27-24(35-13)20(28(2)3)14-7-8-29(11-14)18-9-17(26)19-21(23(18)34-4)30(15-5-6-15)12-16(22(19)31)25(32)33/h9-10,12,14-15,20H,5-8,11,26H2,1-4H3,(H,32,33). The van der Waals surface area contributed by atoms with Gasteiger partial charge in [0.25, 0.3) is 0 Å². The Morgan fingerprint density at radius 2 is 2.09 bits per heavy atom. The summed E-state index contributed by atoms with van der Waals surface area (Å²) in [6.07, 6.45) is 5.93. The highest BCUT2D eigenvalue weighted by Crippen LogP contribution is 2.46.